The normalized spacial score (nSPS) is 10.7. The lowest BCUT2D eigenvalue weighted by Crippen LogP contribution is -2.09. The van der Waals surface area contributed by atoms with E-state index in [1.165, 1.54) is 0 Å². The summed E-state index contributed by atoms with van der Waals surface area (Å²) in [5.41, 5.74) is 1.36. The maximum Gasteiger partial charge on any atom is 0.352 e. The highest BCUT2D eigenvalue weighted by molar-refractivity contribution is 14.1. The molecule has 0 aliphatic rings. The van der Waals surface area contributed by atoms with E-state index in [9.17, 15) is 4.79 Å². The van der Waals surface area contributed by atoms with Gasteiger partial charge in [-0.1, -0.05) is 0 Å². The Balaban J connectivity index is 2.11. The first kappa shape index (κ1) is 12.6. The lowest BCUT2D eigenvalue weighted by molar-refractivity contribution is 0.0685. The second-order valence-electron chi connectivity index (χ2n) is 3.65. The Morgan fingerprint density at radius 2 is 2.41 bits per heavy atom. The summed E-state index contributed by atoms with van der Waals surface area (Å²) in [6.45, 7) is 2.61. The molecule has 2 rings (SSSR count). The van der Waals surface area contributed by atoms with Gasteiger partial charge in [-0.15, -0.1) is 11.3 Å². The number of hydrogen-bond acceptors (Lipinski definition) is 3. The van der Waals surface area contributed by atoms with Gasteiger partial charge in [0.2, 0.25) is 0 Å². The maximum atomic E-state index is 11.0. The molecule has 4 nitrogen and oxygen atoms in total. The number of carbonyl (C=O) groups is 1. The van der Waals surface area contributed by atoms with Crippen molar-refractivity contribution in [3.63, 3.8) is 0 Å². The Bertz CT molecular complexity index is 547. The highest BCUT2D eigenvalue weighted by Crippen LogP contribution is 2.14. The van der Waals surface area contributed by atoms with Crippen molar-refractivity contribution in [2.75, 3.05) is 0 Å². The van der Waals surface area contributed by atoms with E-state index in [0.717, 1.165) is 20.7 Å². The van der Waals surface area contributed by atoms with E-state index >= 15 is 0 Å². The van der Waals surface area contributed by atoms with E-state index < -0.39 is 5.97 Å². The van der Waals surface area contributed by atoms with E-state index in [1.807, 2.05) is 18.5 Å². The molecule has 0 radical (unpaired) electrons. The summed E-state index contributed by atoms with van der Waals surface area (Å²) in [7, 11) is 0. The van der Waals surface area contributed by atoms with Gasteiger partial charge >= 0.3 is 5.97 Å². The van der Waals surface area contributed by atoms with Crippen LogP contribution in [0, 0.1) is 10.5 Å². The van der Waals surface area contributed by atoms with Crippen LogP contribution in [-0.2, 0) is 13.0 Å². The highest BCUT2D eigenvalue weighted by Gasteiger charge is 2.11. The third-order valence-corrected chi connectivity index (χ3v) is 3.77. The van der Waals surface area contributed by atoms with Crippen molar-refractivity contribution < 1.29 is 9.90 Å². The van der Waals surface area contributed by atoms with Crippen LogP contribution in [0.1, 0.15) is 21.2 Å². The van der Waals surface area contributed by atoms with Gasteiger partial charge in [0.25, 0.3) is 0 Å². The fourth-order valence-corrected chi connectivity index (χ4v) is 2.88. The molecule has 0 atom stereocenters. The van der Waals surface area contributed by atoms with Gasteiger partial charge in [0, 0.05) is 28.1 Å². The molecular formula is C11H11IN2O2S. The summed E-state index contributed by atoms with van der Waals surface area (Å²) in [6.07, 6.45) is 2.61. The second-order valence-corrected chi connectivity index (χ2v) is 5.96. The standard InChI is InChI=1S/C11H11IN2O2S/c1-7-13-9(6-17-7)2-3-14-5-8(12)4-10(14)11(15)16/h4-6H,2-3H2,1H3,(H,15,16). The summed E-state index contributed by atoms with van der Waals surface area (Å²) < 4.78 is 2.70. The lowest BCUT2D eigenvalue weighted by atomic mass is 10.3. The molecule has 17 heavy (non-hydrogen) atoms. The number of aromatic carboxylic acids is 1. The van der Waals surface area contributed by atoms with Crippen LogP contribution in [0.5, 0.6) is 0 Å². The van der Waals surface area contributed by atoms with Crippen LogP contribution in [0.2, 0.25) is 0 Å². The Hall–Kier alpha value is -0.890. The monoisotopic (exact) mass is 362 g/mol. The molecule has 2 heterocycles. The quantitative estimate of drug-likeness (QED) is 0.851. The maximum absolute atomic E-state index is 11.0. The molecule has 0 aromatic carbocycles. The fourth-order valence-electron chi connectivity index (χ4n) is 1.60. The minimum atomic E-state index is -0.887. The van der Waals surface area contributed by atoms with E-state index in [2.05, 4.69) is 27.6 Å². The molecule has 90 valence electrons. The van der Waals surface area contributed by atoms with Gasteiger partial charge < -0.3 is 9.67 Å². The van der Waals surface area contributed by atoms with Crippen molar-refractivity contribution in [3.8, 4) is 0 Å². The van der Waals surface area contributed by atoms with Crippen LogP contribution in [0.25, 0.3) is 0 Å². The van der Waals surface area contributed by atoms with Crippen molar-refractivity contribution in [1.82, 2.24) is 9.55 Å². The number of thiazole rings is 1. The largest absolute Gasteiger partial charge is 0.477 e. The predicted molar refractivity (Wildman–Crippen MR) is 74.7 cm³/mol. The number of carboxylic acids is 1. The average Bonchev–Trinajstić information content (AvgIpc) is 2.82. The molecule has 0 aliphatic heterocycles. The number of hydrogen-bond donors (Lipinski definition) is 1. The number of halogens is 1. The van der Waals surface area contributed by atoms with Gasteiger partial charge in [-0.05, 0) is 35.6 Å². The molecule has 2 aromatic rings. The molecule has 0 spiro atoms. The zero-order chi connectivity index (χ0) is 12.4. The summed E-state index contributed by atoms with van der Waals surface area (Å²) in [4.78, 5) is 15.4. The summed E-state index contributed by atoms with van der Waals surface area (Å²) in [5.74, 6) is -0.887. The van der Waals surface area contributed by atoms with Crippen LogP contribution in [0.4, 0.5) is 0 Å². The molecule has 0 saturated heterocycles. The van der Waals surface area contributed by atoms with Crippen molar-refractivity contribution in [2.24, 2.45) is 0 Å². The molecule has 0 unspecified atom stereocenters. The molecule has 1 N–H and O–H groups in total. The zero-order valence-electron chi connectivity index (χ0n) is 9.18. The molecule has 0 saturated carbocycles. The van der Waals surface area contributed by atoms with Gasteiger partial charge in [0.15, 0.2) is 0 Å². The minimum absolute atomic E-state index is 0.335. The van der Waals surface area contributed by atoms with Crippen molar-refractivity contribution in [1.29, 1.82) is 0 Å². The van der Waals surface area contributed by atoms with Gasteiger partial charge in [-0.2, -0.15) is 0 Å². The molecule has 0 bridgehead atoms. The predicted octanol–water partition coefficient (Wildman–Crippen LogP) is 2.80. The first-order valence-corrected chi connectivity index (χ1v) is 7.02. The molecular weight excluding hydrogens is 351 g/mol. The lowest BCUT2D eigenvalue weighted by Gasteiger charge is -2.04. The van der Waals surface area contributed by atoms with Crippen molar-refractivity contribution in [2.45, 2.75) is 19.9 Å². The average molecular weight is 362 g/mol. The number of nitrogens with zero attached hydrogens (tertiary/aromatic N) is 2. The second kappa shape index (κ2) is 5.18. The molecule has 0 fully saturated rings. The summed E-state index contributed by atoms with van der Waals surface area (Å²) in [5, 5.41) is 12.1. The topological polar surface area (TPSA) is 55.1 Å². The third-order valence-electron chi connectivity index (χ3n) is 2.36. The van der Waals surface area contributed by atoms with E-state index in [1.54, 1.807) is 22.0 Å². The van der Waals surface area contributed by atoms with Crippen LogP contribution in [0.3, 0.4) is 0 Å². The van der Waals surface area contributed by atoms with Gasteiger partial charge in [-0.25, -0.2) is 9.78 Å². The SMILES string of the molecule is Cc1nc(CCn2cc(I)cc2C(=O)O)cs1. The van der Waals surface area contributed by atoms with E-state index in [0.29, 0.717) is 12.2 Å². The van der Waals surface area contributed by atoms with E-state index in [-0.39, 0.29) is 0 Å². The number of rotatable bonds is 4. The van der Waals surface area contributed by atoms with Crippen LogP contribution < -0.4 is 0 Å². The number of carboxylic acid groups (broad SMARTS) is 1. The van der Waals surface area contributed by atoms with Gasteiger partial charge in [0.05, 0.1) is 10.7 Å². The molecule has 0 amide bonds. The first-order valence-electron chi connectivity index (χ1n) is 5.06. The Kier molecular flexibility index (Phi) is 3.82. The molecule has 0 aliphatic carbocycles. The number of aryl methyl sites for hydroxylation is 3. The Morgan fingerprint density at radius 3 is 3.00 bits per heavy atom. The van der Waals surface area contributed by atoms with E-state index in [4.69, 9.17) is 5.11 Å². The fraction of sp³-hybridized carbons (Fsp3) is 0.273. The number of aromatic nitrogens is 2. The zero-order valence-corrected chi connectivity index (χ0v) is 12.2. The summed E-state index contributed by atoms with van der Waals surface area (Å²) >= 11 is 3.74. The highest BCUT2D eigenvalue weighted by atomic mass is 127. The molecule has 6 heteroatoms. The van der Waals surface area contributed by atoms with Gasteiger partial charge in [0.1, 0.15) is 5.69 Å². The van der Waals surface area contributed by atoms with Crippen LogP contribution in [0.15, 0.2) is 17.6 Å². The Morgan fingerprint density at radius 1 is 1.65 bits per heavy atom. The van der Waals surface area contributed by atoms with Crippen molar-refractivity contribution >= 4 is 39.9 Å². The first-order chi connectivity index (χ1) is 8.06. The third kappa shape index (κ3) is 3.06. The summed E-state index contributed by atoms with van der Waals surface area (Å²) in [6, 6.07) is 1.68. The van der Waals surface area contributed by atoms with Crippen LogP contribution >= 0.6 is 33.9 Å². The van der Waals surface area contributed by atoms with Gasteiger partial charge in [-0.3, -0.25) is 0 Å². The van der Waals surface area contributed by atoms with Crippen molar-refractivity contribution in [3.05, 3.63) is 37.6 Å². The van der Waals surface area contributed by atoms with Crippen LogP contribution in [-0.4, -0.2) is 20.6 Å². The smallest absolute Gasteiger partial charge is 0.352 e. The molecule has 2 aromatic heterocycles. The Labute approximate surface area is 116 Å². The minimum Gasteiger partial charge on any atom is -0.477 e.